The van der Waals surface area contributed by atoms with Gasteiger partial charge in [-0.3, -0.25) is 4.79 Å². The lowest BCUT2D eigenvalue weighted by Crippen LogP contribution is -2.36. The number of rotatable bonds is 4. The standard InChI is InChI=1S/C13H11FN2O2/c1-3-6-16-13(17)9(2)18-11-5-4-10(8-15)12(14)7-11/h1,4-5,7,9H,6H2,2H3,(H,16,17). The number of carbonyl (C=O) groups excluding carboxylic acids is 1. The molecule has 0 saturated heterocycles. The van der Waals surface area contributed by atoms with Gasteiger partial charge in [0.15, 0.2) is 6.10 Å². The average Bonchev–Trinajstić information content (AvgIpc) is 2.36. The second kappa shape index (κ2) is 6.27. The molecule has 1 atom stereocenters. The number of hydrogen-bond donors (Lipinski definition) is 1. The van der Waals surface area contributed by atoms with E-state index in [9.17, 15) is 9.18 Å². The van der Waals surface area contributed by atoms with Crippen molar-refractivity contribution in [1.82, 2.24) is 5.32 Å². The lowest BCUT2D eigenvalue weighted by atomic mass is 10.2. The molecule has 1 amide bonds. The van der Waals surface area contributed by atoms with Gasteiger partial charge in [-0.05, 0) is 19.1 Å². The van der Waals surface area contributed by atoms with Crippen molar-refractivity contribution in [3.63, 3.8) is 0 Å². The van der Waals surface area contributed by atoms with Gasteiger partial charge in [0.2, 0.25) is 0 Å². The van der Waals surface area contributed by atoms with Gasteiger partial charge in [0.25, 0.3) is 5.91 Å². The summed E-state index contributed by atoms with van der Waals surface area (Å²) < 4.78 is 18.5. The van der Waals surface area contributed by atoms with Crippen LogP contribution in [-0.4, -0.2) is 18.6 Å². The zero-order valence-electron chi connectivity index (χ0n) is 9.74. The van der Waals surface area contributed by atoms with Gasteiger partial charge in [-0.15, -0.1) is 6.42 Å². The first-order valence-electron chi connectivity index (χ1n) is 5.16. The Morgan fingerprint density at radius 3 is 2.94 bits per heavy atom. The molecular formula is C13H11FN2O2. The van der Waals surface area contributed by atoms with Crippen LogP contribution in [0.3, 0.4) is 0 Å². The van der Waals surface area contributed by atoms with Crippen molar-refractivity contribution in [3.05, 3.63) is 29.6 Å². The largest absolute Gasteiger partial charge is 0.481 e. The maximum absolute atomic E-state index is 13.3. The van der Waals surface area contributed by atoms with Crippen LogP contribution < -0.4 is 10.1 Å². The number of amides is 1. The van der Waals surface area contributed by atoms with Gasteiger partial charge in [-0.2, -0.15) is 5.26 Å². The highest BCUT2D eigenvalue weighted by Crippen LogP contribution is 2.17. The van der Waals surface area contributed by atoms with Crippen LogP contribution in [0.2, 0.25) is 0 Å². The number of nitrogens with zero attached hydrogens (tertiary/aromatic N) is 1. The Morgan fingerprint density at radius 1 is 1.67 bits per heavy atom. The van der Waals surface area contributed by atoms with Crippen molar-refractivity contribution in [2.45, 2.75) is 13.0 Å². The zero-order valence-corrected chi connectivity index (χ0v) is 9.74. The molecule has 0 spiro atoms. The summed E-state index contributed by atoms with van der Waals surface area (Å²) in [6, 6.07) is 5.47. The highest BCUT2D eigenvalue weighted by atomic mass is 19.1. The molecule has 0 bridgehead atoms. The quantitative estimate of drug-likeness (QED) is 0.812. The molecule has 92 valence electrons. The SMILES string of the molecule is C#CCNC(=O)C(C)Oc1ccc(C#N)c(F)c1. The van der Waals surface area contributed by atoms with Crippen LogP contribution in [-0.2, 0) is 4.79 Å². The highest BCUT2D eigenvalue weighted by Gasteiger charge is 2.14. The smallest absolute Gasteiger partial charge is 0.261 e. The van der Waals surface area contributed by atoms with Crippen LogP contribution in [0.4, 0.5) is 4.39 Å². The number of nitrogens with one attached hydrogen (secondary N) is 1. The van der Waals surface area contributed by atoms with Crippen molar-refractivity contribution < 1.29 is 13.9 Å². The van der Waals surface area contributed by atoms with Crippen LogP contribution >= 0.6 is 0 Å². The number of hydrogen-bond acceptors (Lipinski definition) is 3. The molecule has 1 N–H and O–H groups in total. The molecule has 0 fully saturated rings. The number of nitriles is 1. The average molecular weight is 246 g/mol. The summed E-state index contributed by atoms with van der Waals surface area (Å²) in [6.07, 6.45) is 4.20. The van der Waals surface area contributed by atoms with E-state index in [0.717, 1.165) is 6.07 Å². The lowest BCUT2D eigenvalue weighted by molar-refractivity contribution is -0.127. The molecule has 4 nitrogen and oxygen atoms in total. The second-order valence-electron chi connectivity index (χ2n) is 3.44. The minimum atomic E-state index is -0.800. The maximum atomic E-state index is 13.3. The van der Waals surface area contributed by atoms with E-state index < -0.39 is 17.8 Å². The number of carbonyl (C=O) groups is 1. The molecule has 5 heteroatoms. The van der Waals surface area contributed by atoms with E-state index in [0.29, 0.717) is 0 Å². The van der Waals surface area contributed by atoms with Crippen molar-refractivity contribution in [2.75, 3.05) is 6.54 Å². The summed E-state index contributed by atoms with van der Waals surface area (Å²) in [5.41, 5.74) is -0.0770. The molecular weight excluding hydrogens is 235 g/mol. The summed E-state index contributed by atoms with van der Waals surface area (Å²) >= 11 is 0. The predicted molar refractivity (Wildman–Crippen MR) is 63.0 cm³/mol. The highest BCUT2D eigenvalue weighted by molar-refractivity contribution is 5.80. The number of ether oxygens (including phenoxy) is 1. The van der Waals surface area contributed by atoms with Crippen LogP contribution in [0.1, 0.15) is 12.5 Å². The Hall–Kier alpha value is -2.53. The molecule has 0 heterocycles. The summed E-state index contributed by atoms with van der Waals surface area (Å²) in [6.45, 7) is 1.62. The monoisotopic (exact) mass is 246 g/mol. The minimum Gasteiger partial charge on any atom is -0.481 e. The lowest BCUT2D eigenvalue weighted by Gasteiger charge is -2.13. The number of halogens is 1. The third-order valence-electron chi connectivity index (χ3n) is 2.11. The maximum Gasteiger partial charge on any atom is 0.261 e. The van der Waals surface area contributed by atoms with E-state index in [-0.39, 0.29) is 17.9 Å². The number of terminal acetylenes is 1. The summed E-state index contributed by atoms with van der Waals surface area (Å²) in [5.74, 6) is 1.35. The van der Waals surface area contributed by atoms with Crippen LogP contribution in [0.5, 0.6) is 5.75 Å². The Morgan fingerprint density at radius 2 is 2.39 bits per heavy atom. The van der Waals surface area contributed by atoms with Crippen LogP contribution in [0, 0.1) is 29.5 Å². The van der Waals surface area contributed by atoms with Gasteiger partial charge in [0, 0.05) is 6.07 Å². The Bertz CT molecular complexity index is 529. The normalized spacial score (nSPS) is 10.9. The van der Waals surface area contributed by atoms with Crippen molar-refractivity contribution in [3.8, 4) is 24.2 Å². The molecule has 1 aromatic rings. The predicted octanol–water partition coefficient (Wildman–Crippen LogP) is 1.21. The molecule has 0 aliphatic heterocycles. The third kappa shape index (κ3) is 3.50. The Labute approximate surface area is 104 Å². The first-order chi connectivity index (χ1) is 8.58. The van der Waals surface area contributed by atoms with Crippen molar-refractivity contribution >= 4 is 5.91 Å². The minimum absolute atomic E-state index is 0.0770. The molecule has 0 aromatic heterocycles. The first kappa shape index (κ1) is 13.5. The van der Waals surface area contributed by atoms with E-state index in [1.165, 1.54) is 19.1 Å². The molecule has 1 aromatic carbocycles. The summed E-state index contributed by atoms with van der Waals surface area (Å²) in [5, 5.41) is 11.0. The molecule has 18 heavy (non-hydrogen) atoms. The van der Waals surface area contributed by atoms with Gasteiger partial charge in [0.1, 0.15) is 17.6 Å². The second-order valence-corrected chi connectivity index (χ2v) is 3.44. The van der Waals surface area contributed by atoms with Gasteiger partial charge in [-0.1, -0.05) is 5.92 Å². The van der Waals surface area contributed by atoms with E-state index in [2.05, 4.69) is 11.2 Å². The fourth-order valence-corrected chi connectivity index (χ4v) is 1.20. The van der Waals surface area contributed by atoms with E-state index in [1.807, 2.05) is 0 Å². The molecule has 0 saturated carbocycles. The summed E-state index contributed by atoms with van der Waals surface area (Å²) in [4.78, 5) is 11.4. The van der Waals surface area contributed by atoms with E-state index >= 15 is 0 Å². The molecule has 0 aliphatic rings. The fourth-order valence-electron chi connectivity index (χ4n) is 1.20. The topological polar surface area (TPSA) is 62.1 Å². The summed E-state index contributed by atoms with van der Waals surface area (Å²) in [7, 11) is 0. The first-order valence-corrected chi connectivity index (χ1v) is 5.16. The van der Waals surface area contributed by atoms with Gasteiger partial charge in [0.05, 0.1) is 12.1 Å². The van der Waals surface area contributed by atoms with Gasteiger partial charge >= 0.3 is 0 Å². The fraction of sp³-hybridized carbons (Fsp3) is 0.231. The van der Waals surface area contributed by atoms with Crippen molar-refractivity contribution in [2.24, 2.45) is 0 Å². The van der Waals surface area contributed by atoms with Gasteiger partial charge < -0.3 is 10.1 Å². The Kier molecular flexibility index (Phi) is 4.71. The molecule has 1 unspecified atom stereocenters. The molecule has 0 aliphatic carbocycles. The van der Waals surface area contributed by atoms with Gasteiger partial charge in [-0.25, -0.2) is 4.39 Å². The van der Waals surface area contributed by atoms with Crippen molar-refractivity contribution in [1.29, 1.82) is 5.26 Å². The number of benzene rings is 1. The molecule has 0 radical (unpaired) electrons. The van der Waals surface area contributed by atoms with Crippen LogP contribution in [0.25, 0.3) is 0 Å². The molecule has 1 rings (SSSR count). The third-order valence-corrected chi connectivity index (χ3v) is 2.11. The van der Waals surface area contributed by atoms with E-state index in [1.54, 1.807) is 6.07 Å². The zero-order chi connectivity index (χ0) is 13.5. The Balaban J connectivity index is 2.68. The van der Waals surface area contributed by atoms with E-state index in [4.69, 9.17) is 16.4 Å². The van der Waals surface area contributed by atoms with Crippen LogP contribution in [0.15, 0.2) is 18.2 Å².